The van der Waals surface area contributed by atoms with E-state index in [1.807, 2.05) is 25.3 Å². The Bertz CT molecular complexity index is 700. The minimum atomic E-state index is 0.430. The Kier molecular flexibility index (Phi) is 2.96. The van der Waals surface area contributed by atoms with Gasteiger partial charge < -0.3 is 10.5 Å². The van der Waals surface area contributed by atoms with E-state index in [4.69, 9.17) is 10.5 Å². The molecule has 0 aliphatic carbocycles. The van der Waals surface area contributed by atoms with Gasteiger partial charge >= 0.3 is 0 Å². The second kappa shape index (κ2) is 4.64. The molecule has 0 unspecified atom stereocenters. The molecule has 3 rings (SSSR count). The Balaban J connectivity index is 2.13. The summed E-state index contributed by atoms with van der Waals surface area (Å²) in [6.45, 7) is 2.48. The first-order chi connectivity index (χ1) is 9.21. The fraction of sp³-hybridized carbons (Fsp3) is 0.231. The van der Waals surface area contributed by atoms with Crippen LogP contribution in [-0.4, -0.2) is 21.7 Å². The van der Waals surface area contributed by atoms with Crippen LogP contribution in [0, 0.1) is 6.92 Å². The maximum Gasteiger partial charge on any atom is 0.212 e. The standard InChI is InChI=1S/C13H14N4OS/c1-8-3-4-11(18-2)10(5-8)12-16-17-7-9(6-14)15-13(17)19-12/h3-5,7H,6,14H2,1-2H3. The Morgan fingerprint density at radius 3 is 2.95 bits per heavy atom. The van der Waals surface area contributed by atoms with Gasteiger partial charge in [-0.3, -0.25) is 0 Å². The quantitative estimate of drug-likeness (QED) is 0.795. The highest BCUT2D eigenvalue weighted by molar-refractivity contribution is 7.19. The summed E-state index contributed by atoms with van der Waals surface area (Å²) in [5, 5.41) is 5.43. The van der Waals surface area contributed by atoms with Gasteiger partial charge in [0.1, 0.15) is 5.75 Å². The summed E-state index contributed by atoms with van der Waals surface area (Å²) in [6, 6.07) is 6.05. The second-order valence-corrected chi connectivity index (χ2v) is 5.23. The van der Waals surface area contributed by atoms with Gasteiger partial charge in [-0.15, -0.1) is 0 Å². The van der Waals surface area contributed by atoms with Crippen molar-refractivity contribution in [3.8, 4) is 16.3 Å². The molecule has 0 atom stereocenters. The number of benzene rings is 1. The highest BCUT2D eigenvalue weighted by Crippen LogP contribution is 2.33. The number of aryl methyl sites for hydroxylation is 1. The predicted octanol–water partition coefficient (Wildman–Crippen LogP) is 2.23. The number of imidazole rings is 1. The molecule has 2 heterocycles. The van der Waals surface area contributed by atoms with Crippen molar-refractivity contribution in [3.05, 3.63) is 35.7 Å². The van der Waals surface area contributed by atoms with Gasteiger partial charge in [0.15, 0.2) is 5.01 Å². The Labute approximate surface area is 114 Å². The molecule has 6 heteroatoms. The van der Waals surface area contributed by atoms with E-state index in [9.17, 15) is 0 Å². The number of rotatable bonds is 3. The number of hydrogen-bond donors (Lipinski definition) is 1. The van der Waals surface area contributed by atoms with Crippen molar-refractivity contribution in [2.75, 3.05) is 7.11 Å². The molecule has 0 radical (unpaired) electrons. The SMILES string of the molecule is COc1ccc(C)cc1-c1nn2cc(CN)nc2s1. The number of fused-ring (bicyclic) bond motifs is 1. The third-order valence-corrected chi connectivity index (χ3v) is 3.84. The maximum absolute atomic E-state index is 5.57. The van der Waals surface area contributed by atoms with Crippen LogP contribution < -0.4 is 10.5 Å². The molecule has 3 aromatic rings. The van der Waals surface area contributed by atoms with Crippen LogP contribution in [0.1, 0.15) is 11.3 Å². The summed E-state index contributed by atoms with van der Waals surface area (Å²) < 4.78 is 7.16. The lowest BCUT2D eigenvalue weighted by Gasteiger charge is -2.06. The molecule has 2 N–H and O–H groups in total. The van der Waals surface area contributed by atoms with E-state index in [2.05, 4.69) is 16.1 Å². The first-order valence-corrected chi connectivity index (χ1v) is 6.73. The van der Waals surface area contributed by atoms with Gasteiger partial charge in [0, 0.05) is 6.54 Å². The van der Waals surface area contributed by atoms with Crippen LogP contribution in [0.5, 0.6) is 5.75 Å². The predicted molar refractivity (Wildman–Crippen MR) is 75.5 cm³/mol. The summed E-state index contributed by atoms with van der Waals surface area (Å²) >= 11 is 1.53. The van der Waals surface area contributed by atoms with E-state index in [1.54, 1.807) is 11.6 Å². The molecule has 2 aromatic heterocycles. The minimum Gasteiger partial charge on any atom is -0.496 e. The third-order valence-electron chi connectivity index (χ3n) is 2.89. The molecule has 0 amide bonds. The normalized spacial score (nSPS) is 11.1. The lowest BCUT2D eigenvalue weighted by Crippen LogP contribution is -1.95. The molecule has 0 spiro atoms. The van der Waals surface area contributed by atoms with Crippen molar-refractivity contribution in [1.29, 1.82) is 0 Å². The van der Waals surface area contributed by atoms with Gasteiger partial charge in [-0.1, -0.05) is 23.0 Å². The Hall–Kier alpha value is -1.92. The van der Waals surface area contributed by atoms with Gasteiger partial charge in [-0.2, -0.15) is 5.10 Å². The van der Waals surface area contributed by atoms with Crippen molar-refractivity contribution in [3.63, 3.8) is 0 Å². The lowest BCUT2D eigenvalue weighted by molar-refractivity contribution is 0.416. The molecule has 19 heavy (non-hydrogen) atoms. The molecular formula is C13H14N4OS. The first-order valence-electron chi connectivity index (χ1n) is 5.91. The smallest absolute Gasteiger partial charge is 0.212 e. The fourth-order valence-electron chi connectivity index (χ4n) is 1.94. The molecule has 1 aromatic carbocycles. The number of nitrogens with zero attached hydrogens (tertiary/aromatic N) is 3. The van der Waals surface area contributed by atoms with Crippen LogP contribution in [-0.2, 0) is 6.54 Å². The van der Waals surface area contributed by atoms with E-state index in [-0.39, 0.29) is 0 Å². The number of aromatic nitrogens is 3. The number of nitrogens with two attached hydrogens (primary N) is 1. The van der Waals surface area contributed by atoms with Gasteiger partial charge in [0.2, 0.25) is 4.96 Å². The largest absolute Gasteiger partial charge is 0.496 e. The number of hydrogen-bond acceptors (Lipinski definition) is 5. The van der Waals surface area contributed by atoms with E-state index in [0.29, 0.717) is 6.54 Å². The summed E-state index contributed by atoms with van der Waals surface area (Å²) in [4.78, 5) is 5.25. The monoisotopic (exact) mass is 274 g/mol. The second-order valence-electron chi connectivity index (χ2n) is 4.27. The molecule has 5 nitrogen and oxygen atoms in total. The van der Waals surface area contributed by atoms with Crippen molar-refractivity contribution in [1.82, 2.24) is 14.6 Å². The molecule has 0 fully saturated rings. The zero-order valence-electron chi connectivity index (χ0n) is 10.8. The molecule has 0 saturated heterocycles. The van der Waals surface area contributed by atoms with Crippen molar-refractivity contribution in [2.45, 2.75) is 13.5 Å². The third kappa shape index (κ3) is 2.09. The van der Waals surface area contributed by atoms with E-state index in [1.165, 1.54) is 16.9 Å². The molecule has 0 aliphatic heterocycles. The van der Waals surface area contributed by atoms with Gasteiger partial charge in [0.25, 0.3) is 0 Å². The van der Waals surface area contributed by atoms with Crippen molar-refractivity contribution >= 4 is 16.3 Å². The molecule has 0 aliphatic rings. The van der Waals surface area contributed by atoms with Gasteiger partial charge in [-0.25, -0.2) is 9.50 Å². The molecule has 0 saturated carbocycles. The van der Waals surface area contributed by atoms with Crippen molar-refractivity contribution in [2.24, 2.45) is 5.73 Å². The lowest BCUT2D eigenvalue weighted by atomic mass is 10.1. The van der Waals surface area contributed by atoms with Crippen LogP contribution in [0.4, 0.5) is 0 Å². The Morgan fingerprint density at radius 2 is 2.26 bits per heavy atom. The van der Waals surface area contributed by atoms with Crippen LogP contribution in [0.25, 0.3) is 15.5 Å². The topological polar surface area (TPSA) is 65.4 Å². The average Bonchev–Trinajstić information content (AvgIpc) is 2.96. The van der Waals surface area contributed by atoms with Crippen molar-refractivity contribution < 1.29 is 4.74 Å². The van der Waals surface area contributed by atoms with Gasteiger partial charge in [0.05, 0.1) is 24.6 Å². The van der Waals surface area contributed by atoms with Crippen LogP contribution in [0.2, 0.25) is 0 Å². The highest BCUT2D eigenvalue weighted by atomic mass is 32.1. The fourth-order valence-corrected chi connectivity index (χ4v) is 2.86. The zero-order chi connectivity index (χ0) is 13.4. The van der Waals surface area contributed by atoms with E-state index < -0.39 is 0 Å². The summed E-state index contributed by atoms with van der Waals surface area (Å²) in [7, 11) is 1.67. The maximum atomic E-state index is 5.57. The summed E-state index contributed by atoms with van der Waals surface area (Å²) in [6.07, 6.45) is 1.86. The van der Waals surface area contributed by atoms with Crippen LogP contribution in [0.3, 0.4) is 0 Å². The van der Waals surface area contributed by atoms with Crippen LogP contribution in [0.15, 0.2) is 24.4 Å². The molecule has 0 bridgehead atoms. The van der Waals surface area contributed by atoms with E-state index in [0.717, 1.165) is 27.0 Å². The zero-order valence-corrected chi connectivity index (χ0v) is 11.6. The Morgan fingerprint density at radius 1 is 1.42 bits per heavy atom. The summed E-state index contributed by atoms with van der Waals surface area (Å²) in [5.41, 5.74) is 8.58. The molecular weight excluding hydrogens is 260 g/mol. The minimum absolute atomic E-state index is 0.430. The number of ether oxygens (including phenoxy) is 1. The van der Waals surface area contributed by atoms with Crippen LogP contribution >= 0.6 is 11.3 Å². The van der Waals surface area contributed by atoms with Gasteiger partial charge in [-0.05, 0) is 19.1 Å². The van der Waals surface area contributed by atoms with E-state index >= 15 is 0 Å². The highest BCUT2D eigenvalue weighted by Gasteiger charge is 2.13. The average molecular weight is 274 g/mol. The summed E-state index contributed by atoms with van der Waals surface area (Å²) in [5.74, 6) is 0.821. The molecule has 98 valence electrons. The number of methoxy groups -OCH3 is 1. The first kappa shape index (κ1) is 12.1.